The van der Waals surface area contributed by atoms with Crippen molar-refractivity contribution in [1.82, 2.24) is 10.6 Å². The summed E-state index contributed by atoms with van der Waals surface area (Å²) in [6.07, 6.45) is 2.49. The van der Waals surface area contributed by atoms with Gasteiger partial charge in [-0.1, -0.05) is 12.2 Å². The summed E-state index contributed by atoms with van der Waals surface area (Å²) in [5.41, 5.74) is 0.140. The van der Waals surface area contributed by atoms with Gasteiger partial charge in [-0.2, -0.15) is 0 Å². The molecule has 1 rings (SSSR count). The maximum atomic E-state index is 11.8. The molecule has 0 spiro atoms. The summed E-state index contributed by atoms with van der Waals surface area (Å²) in [5, 5.41) is 14.6. The quantitative estimate of drug-likeness (QED) is 0.673. The Kier molecular flexibility index (Phi) is 7.45. The number of rotatable bonds is 5. The number of carboxylic acid groups (broad SMARTS) is 1. The summed E-state index contributed by atoms with van der Waals surface area (Å²) in [5.74, 6) is -1.69. The Balaban J connectivity index is 2.70. The minimum atomic E-state index is -0.965. The van der Waals surface area contributed by atoms with E-state index in [0.29, 0.717) is 5.57 Å². The fourth-order valence-electron chi connectivity index (χ4n) is 2.35. The van der Waals surface area contributed by atoms with Gasteiger partial charge in [-0.3, -0.25) is 4.79 Å². The first-order valence-electron chi connectivity index (χ1n) is 8.82. The average Bonchev–Trinajstić information content (AvgIpc) is 2.47. The zero-order valence-electron chi connectivity index (χ0n) is 16.8. The molecule has 2 amide bonds. The highest BCUT2D eigenvalue weighted by Crippen LogP contribution is 2.23. The zero-order chi connectivity index (χ0) is 20.8. The summed E-state index contributed by atoms with van der Waals surface area (Å²) >= 11 is 0. The Morgan fingerprint density at radius 1 is 1.00 bits per heavy atom. The third kappa shape index (κ3) is 9.67. The summed E-state index contributed by atoms with van der Waals surface area (Å²) in [6, 6.07) is 0. The molecule has 0 bridgehead atoms. The van der Waals surface area contributed by atoms with Crippen molar-refractivity contribution in [3.8, 4) is 0 Å². The van der Waals surface area contributed by atoms with Crippen molar-refractivity contribution < 1.29 is 29.0 Å². The number of carbonyl (C=O) groups excluding carboxylic acids is 2. The fraction of sp³-hybridized carbons (Fsp3) is 0.632. The van der Waals surface area contributed by atoms with E-state index in [1.807, 2.05) is 0 Å². The predicted molar refractivity (Wildman–Crippen MR) is 100 cm³/mol. The first kappa shape index (κ1) is 22.5. The summed E-state index contributed by atoms with van der Waals surface area (Å²) < 4.78 is 10.3. The van der Waals surface area contributed by atoms with Crippen LogP contribution < -0.4 is 10.6 Å². The molecule has 3 N–H and O–H groups in total. The number of alkyl carbamates (subject to hydrolysis) is 2. The molecule has 1 unspecified atom stereocenters. The first-order valence-corrected chi connectivity index (χ1v) is 8.82. The molecule has 1 atom stereocenters. The van der Waals surface area contributed by atoms with Gasteiger partial charge in [-0.25, -0.2) is 9.59 Å². The van der Waals surface area contributed by atoms with E-state index < -0.39 is 35.3 Å². The molecule has 27 heavy (non-hydrogen) atoms. The van der Waals surface area contributed by atoms with Crippen LogP contribution in [0.4, 0.5) is 9.59 Å². The van der Waals surface area contributed by atoms with E-state index in [1.54, 1.807) is 53.7 Å². The number of amides is 2. The van der Waals surface area contributed by atoms with E-state index in [0.717, 1.165) is 5.57 Å². The molecule has 0 saturated heterocycles. The molecule has 8 heteroatoms. The van der Waals surface area contributed by atoms with Crippen LogP contribution in [0.25, 0.3) is 0 Å². The van der Waals surface area contributed by atoms with Gasteiger partial charge in [0.25, 0.3) is 0 Å². The lowest BCUT2D eigenvalue weighted by Crippen LogP contribution is -2.35. The molecule has 0 heterocycles. The standard InChI is InChI=1S/C19H30N2O6/c1-18(2,3)26-16(24)20-10-12-7-13(9-14(8-12)15(22)23)11-21-17(25)27-19(4,5)6/h7-8,14H,9-11H2,1-6H3,(H,20,24)(H,21,25)(H,22,23). The van der Waals surface area contributed by atoms with Crippen molar-refractivity contribution in [1.29, 1.82) is 0 Å². The van der Waals surface area contributed by atoms with Gasteiger partial charge in [0, 0.05) is 13.1 Å². The second-order valence-electron chi connectivity index (χ2n) is 8.40. The Hall–Kier alpha value is -2.51. The van der Waals surface area contributed by atoms with E-state index in [4.69, 9.17) is 9.47 Å². The van der Waals surface area contributed by atoms with Crippen LogP contribution in [0.5, 0.6) is 0 Å². The van der Waals surface area contributed by atoms with Crippen LogP contribution in [0.15, 0.2) is 23.3 Å². The van der Waals surface area contributed by atoms with Gasteiger partial charge in [0.15, 0.2) is 0 Å². The van der Waals surface area contributed by atoms with Crippen molar-refractivity contribution in [2.75, 3.05) is 13.1 Å². The molecular formula is C19H30N2O6. The molecule has 1 aliphatic carbocycles. The Morgan fingerprint density at radius 2 is 1.48 bits per heavy atom. The molecule has 0 aromatic heterocycles. The number of ether oxygens (including phenoxy) is 2. The van der Waals surface area contributed by atoms with Crippen LogP contribution in [0.1, 0.15) is 48.0 Å². The zero-order valence-corrected chi connectivity index (χ0v) is 16.8. The second kappa shape index (κ2) is 8.92. The normalized spacial score (nSPS) is 17.3. The van der Waals surface area contributed by atoms with Crippen molar-refractivity contribution in [3.05, 3.63) is 23.3 Å². The van der Waals surface area contributed by atoms with Crippen LogP contribution in [-0.2, 0) is 14.3 Å². The largest absolute Gasteiger partial charge is 0.481 e. The monoisotopic (exact) mass is 382 g/mol. The number of hydrogen-bond donors (Lipinski definition) is 3. The molecule has 0 fully saturated rings. The highest BCUT2D eigenvalue weighted by Gasteiger charge is 2.23. The van der Waals surface area contributed by atoms with Crippen LogP contribution in [0.2, 0.25) is 0 Å². The van der Waals surface area contributed by atoms with Gasteiger partial charge in [0.2, 0.25) is 0 Å². The van der Waals surface area contributed by atoms with Gasteiger partial charge in [0.05, 0.1) is 5.92 Å². The van der Waals surface area contributed by atoms with Crippen LogP contribution in [-0.4, -0.2) is 47.6 Å². The van der Waals surface area contributed by atoms with Crippen molar-refractivity contribution in [3.63, 3.8) is 0 Å². The molecule has 152 valence electrons. The molecular weight excluding hydrogens is 352 g/mol. The molecule has 8 nitrogen and oxygen atoms in total. The lowest BCUT2D eigenvalue weighted by atomic mass is 9.90. The number of carbonyl (C=O) groups is 3. The average molecular weight is 382 g/mol. The van der Waals surface area contributed by atoms with Crippen molar-refractivity contribution in [2.45, 2.75) is 59.2 Å². The minimum absolute atomic E-state index is 0.134. The van der Waals surface area contributed by atoms with E-state index in [1.165, 1.54) is 0 Å². The topological polar surface area (TPSA) is 114 Å². The van der Waals surface area contributed by atoms with E-state index in [9.17, 15) is 19.5 Å². The summed E-state index contributed by atoms with van der Waals surface area (Å²) in [6.45, 7) is 10.9. The maximum absolute atomic E-state index is 11.8. The van der Waals surface area contributed by atoms with E-state index in [-0.39, 0.29) is 19.5 Å². The first-order chi connectivity index (χ1) is 12.2. The Labute approximate surface area is 160 Å². The van der Waals surface area contributed by atoms with E-state index in [2.05, 4.69) is 10.6 Å². The second-order valence-corrected chi connectivity index (χ2v) is 8.40. The lowest BCUT2D eigenvalue weighted by molar-refractivity contribution is -0.140. The van der Waals surface area contributed by atoms with Crippen molar-refractivity contribution >= 4 is 18.2 Å². The summed E-state index contributed by atoms with van der Waals surface area (Å²) in [7, 11) is 0. The molecule has 0 saturated carbocycles. The van der Waals surface area contributed by atoms with E-state index >= 15 is 0 Å². The summed E-state index contributed by atoms with van der Waals surface area (Å²) in [4.78, 5) is 35.0. The third-order valence-corrected chi connectivity index (χ3v) is 3.30. The fourth-order valence-corrected chi connectivity index (χ4v) is 2.35. The molecule has 0 aliphatic heterocycles. The molecule has 0 aromatic carbocycles. The predicted octanol–water partition coefficient (Wildman–Crippen LogP) is 2.99. The SMILES string of the molecule is CC(C)(C)OC(=O)NCC1=CC(C(=O)O)CC(CNC(=O)OC(C)(C)C)=C1. The number of carboxylic acids is 1. The van der Waals surface area contributed by atoms with Gasteiger partial charge in [-0.05, 0) is 59.1 Å². The highest BCUT2D eigenvalue weighted by atomic mass is 16.6. The van der Waals surface area contributed by atoms with Crippen molar-refractivity contribution in [2.24, 2.45) is 5.92 Å². The van der Waals surface area contributed by atoms with Gasteiger partial charge in [-0.15, -0.1) is 0 Å². The van der Waals surface area contributed by atoms with Gasteiger partial charge >= 0.3 is 18.2 Å². The third-order valence-electron chi connectivity index (χ3n) is 3.30. The van der Waals surface area contributed by atoms with Gasteiger partial charge < -0.3 is 25.2 Å². The molecule has 0 radical (unpaired) electrons. The minimum Gasteiger partial charge on any atom is -0.481 e. The van der Waals surface area contributed by atoms with Crippen LogP contribution >= 0.6 is 0 Å². The number of nitrogens with one attached hydrogen (secondary N) is 2. The Morgan fingerprint density at radius 3 is 1.93 bits per heavy atom. The smallest absolute Gasteiger partial charge is 0.407 e. The highest BCUT2D eigenvalue weighted by molar-refractivity contribution is 5.74. The van der Waals surface area contributed by atoms with Crippen LogP contribution in [0.3, 0.4) is 0 Å². The number of hydrogen-bond acceptors (Lipinski definition) is 5. The number of aliphatic carboxylic acids is 1. The molecule has 0 aromatic rings. The maximum Gasteiger partial charge on any atom is 0.407 e. The molecule has 1 aliphatic rings. The Bertz CT molecular complexity index is 638. The van der Waals surface area contributed by atoms with Crippen LogP contribution in [0, 0.1) is 5.92 Å². The van der Waals surface area contributed by atoms with Gasteiger partial charge in [0.1, 0.15) is 11.2 Å². The lowest BCUT2D eigenvalue weighted by Gasteiger charge is -2.23.